The van der Waals surface area contributed by atoms with E-state index in [0.29, 0.717) is 18.3 Å². The molecular weight excluding hydrogens is 264 g/mol. The second-order valence-electron chi connectivity index (χ2n) is 4.63. The Hall–Kier alpha value is -1.26. The smallest absolute Gasteiger partial charge is 0.339 e. The van der Waals surface area contributed by atoms with Gasteiger partial charge >= 0.3 is 5.97 Å². The van der Waals surface area contributed by atoms with Gasteiger partial charge in [-0.25, -0.2) is 4.79 Å². The Labute approximate surface area is 119 Å². The summed E-state index contributed by atoms with van der Waals surface area (Å²) < 4.78 is 0. The Morgan fingerprint density at radius 1 is 1.53 bits per heavy atom. The zero-order valence-corrected chi connectivity index (χ0v) is 12.4. The number of nitrogens with one attached hydrogen (secondary N) is 1. The molecule has 0 fully saturated rings. The highest BCUT2D eigenvalue weighted by Crippen LogP contribution is 2.24. The predicted molar refractivity (Wildman–Crippen MR) is 79.3 cm³/mol. The van der Waals surface area contributed by atoms with Crippen molar-refractivity contribution in [2.24, 2.45) is 0 Å². The lowest BCUT2D eigenvalue weighted by Gasteiger charge is -2.23. The molecule has 4 nitrogen and oxygen atoms in total. The van der Waals surface area contributed by atoms with Gasteiger partial charge in [0.25, 0.3) is 0 Å². The van der Waals surface area contributed by atoms with E-state index in [0.717, 1.165) is 13.0 Å². The lowest BCUT2D eigenvalue weighted by Crippen LogP contribution is -2.32. The average Bonchev–Trinajstić information content (AvgIpc) is 2.37. The molecule has 0 spiro atoms. The highest BCUT2D eigenvalue weighted by Gasteiger charge is 2.14. The summed E-state index contributed by atoms with van der Waals surface area (Å²) in [7, 11) is 2.06. The molecule has 5 heteroatoms. The van der Waals surface area contributed by atoms with Gasteiger partial charge in [-0.1, -0.05) is 24.6 Å². The van der Waals surface area contributed by atoms with Crippen LogP contribution in [0.3, 0.4) is 0 Å². The monoisotopic (exact) mass is 284 g/mol. The first-order valence-electron chi connectivity index (χ1n) is 6.43. The maximum Gasteiger partial charge on any atom is 0.339 e. The molecule has 0 amide bonds. The van der Waals surface area contributed by atoms with E-state index in [1.54, 1.807) is 18.2 Å². The van der Waals surface area contributed by atoms with Crippen molar-refractivity contribution in [3.8, 4) is 0 Å². The van der Waals surface area contributed by atoms with Crippen LogP contribution in [0, 0.1) is 0 Å². The maximum atomic E-state index is 11.2. The van der Waals surface area contributed by atoms with Crippen molar-refractivity contribution in [3.05, 3.63) is 28.8 Å². The molecule has 0 saturated carbocycles. The number of carboxylic acids is 1. The minimum absolute atomic E-state index is 0.135. The number of nitrogens with zero attached hydrogens (tertiary/aromatic N) is 1. The molecule has 0 aromatic heterocycles. The Morgan fingerprint density at radius 3 is 2.79 bits per heavy atom. The van der Waals surface area contributed by atoms with Crippen molar-refractivity contribution in [1.29, 1.82) is 0 Å². The van der Waals surface area contributed by atoms with E-state index < -0.39 is 5.97 Å². The fraction of sp³-hybridized carbons (Fsp3) is 0.500. The van der Waals surface area contributed by atoms with Crippen LogP contribution in [0.5, 0.6) is 0 Å². The van der Waals surface area contributed by atoms with Crippen LogP contribution in [0.4, 0.5) is 5.69 Å². The molecule has 0 bridgehead atoms. The van der Waals surface area contributed by atoms with Gasteiger partial charge in [0.15, 0.2) is 0 Å². The van der Waals surface area contributed by atoms with Gasteiger partial charge in [0.2, 0.25) is 0 Å². The fourth-order valence-corrected chi connectivity index (χ4v) is 2.04. The average molecular weight is 285 g/mol. The van der Waals surface area contributed by atoms with Crippen LogP contribution in [-0.4, -0.2) is 42.2 Å². The summed E-state index contributed by atoms with van der Waals surface area (Å²) in [6, 6.07) is 5.58. The van der Waals surface area contributed by atoms with Crippen molar-refractivity contribution in [3.63, 3.8) is 0 Å². The number of rotatable bonds is 7. The van der Waals surface area contributed by atoms with Crippen LogP contribution in [0.1, 0.15) is 30.6 Å². The third kappa shape index (κ3) is 4.40. The van der Waals surface area contributed by atoms with Gasteiger partial charge in [0, 0.05) is 19.1 Å². The zero-order valence-electron chi connectivity index (χ0n) is 11.6. The Bertz CT molecular complexity index is 437. The van der Waals surface area contributed by atoms with Crippen LogP contribution in [-0.2, 0) is 0 Å². The summed E-state index contributed by atoms with van der Waals surface area (Å²) in [5.74, 6) is -1.01. The van der Waals surface area contributed by atoms with Gasteiger partial charge in [0.1, 0.15) is 5.56 Å². The first-order valence-corrected chi connectivity index (χ1v) is 6.81. The third-order valence-electron chi connectivity index (χ3n) is 3.35. The molecule has 0 aliphatic carbocycles. The van der Waals surface area contributed by atoms with Crippen molar-refractivity contribution in [2.45, 2.75) is 26.3 Å². The molecule has 1 unspecified atom stereocenters. The standard InChI is InChI=1S/C14H21ClN2O2/c1-4-10(2)17(3)9-8-16-12-7-5-6-11(15)13(12)14(18)19/h5-7,10,16H,4,8-9H2,1-3H3,(H,18,19). The quantitative estimate of drug-likeness (QED) is 0.807. The number of likely N-dealkylation sites (N-methyl/N-ethyl adjacent to an activating group) is 1. The summed E-state index contributed by atoms with van der Waals surface area (Å²) in [6.45, 7) is 5.85. The van der Waals surface area contributed by atoms with E-state index in [1.165, 1.54) is 0 Å². The Kier molecular flexibility index (Phi) is 6.12. The van der Waals surface area contributed by atoms with Crippen LogP contribution in [0.2, 0.25) is 5.02 Å². The van der Waals surface area contributed by atoms with Crippen LogP contribution < -0.4 is 5.32 Å². The number of anilines is 1. The SMILES string of the molecule is CCC(C)N(C)CCNc1cccc(Cl)c1C(=O)O. The molecular formula is C14H21ClN2O2. The second kappa shape index (κ2) is 7.36. The third-order valence-corrected chi connectivity index (χ3v) is 3.67. The minimum atomic E-state index is -1.01. The molecule has 0 radical (unpaired) electrons. The van der Waals surface area contributed by atoms with E-state index >= 15 is 0 Å². The van der Waals surface area contributed by atoms with Gasteiger partial charge < -0.3 is 15.3 Å². The van der Waals surface area contributed by atoms with E-state index in [4.69, 9.17) is 16.7 Å². The number of hydrogen-bond acceptors (Lipinski definition) is 3. The van der Waals surface area contributed by atoms with Crippen LogP contribution in [0.25, 0.3) is 0 Å². The number of benzene rings is 1. The minimum Gasteiger partial charge on any atom is -0.478 e. The number of halogens is 1. The summed E-state index contributed by atoms with van der Waals surface area (Å²) in [4.78, 5) is 13.4. The van der Waals surface area contributed by atoms with Crippen LogP contribution in [0.15, 0.2) is 18.2 Å². The van der Waals surface area contributed by atoms with E-state index in [1.807, 2.05) is 0 Å². The summed E-state index contributed by atoms with van der Waals surface area (Å²) >= 11 is 5.91. The normalized spacial score (nSPS) is 12.5. The summed E-state index contributed by atoms with van der Waals surface area (Å²) in [5, 5.41) is 12.5. The Morgan fingerprint density at radius 2 is 2.21 bits per heavy atom. The molecule has 1 aromatic rings. The predicted octanol–water partition coefficient (Wildman–Crippen LogP) is 3.18. The maximum absolute atomic E-state index is 11.2. The lowest BCUT2D eigenvalue weighted by molar-refractivity contribution is 0.0698. The number of carboxylic acid groups (broad SMARTS) is 1. The molecule has 0 saturated heterocycles. The fourth-order valence-electron chi connectivity index (χ4n) is 1.79. The molecule has 0 aliphatic rings. The van der Waals surface area contributed by atoms with Crippen molar-refractivity contribution < 1.29 is 9.90 Å². The number of aromatic carboxylic acids is 1. The van der Waals surface area contributed by atoms with Gasteiger partial charge in [0.05, 0.1) is 10.7 Å². The van der Waals surface area contributed by atoms with Crippen molar-refractivity contribution >= 4 is 23.3 Å². The lowest BCUT2D eigenvalue weighted by atomic mass is 10.1. The molecule has 106 valence electrons. The zero-order chi connectivity index (χ0) is 14.4. The van der Waals surface area contributed by atoms with Crippen molar-refractivity contribution in [1.82, 2.24) is 4.90 Å². The molecule has 19 heavy (non-hydrogen) atoms. The molecule has 2 N–H and O–H groups in total. The van der Waals surface area contributed by atoms with Crippen LogP contribution >= 0.6 is 11.6 Å². The molecule has 1 atom stereocenters. The largest absolute Gasteiger partial charge is 0.478 e. The molecule has 0 heterocycles. The number of carbonyl (C=O) groups is 1. The topological polar surface area (TPSA) is 52.6 Å². The highest BCUT2D eigenvalue weighted by atomic mass is 35.5. The molecule has 1 rings (SSSR count). The van der Waals surface area contributed by atoms with Gasteiger partial charge in [-0.15, -0.1) is 0 Å². The van der Waals surface area contributed by atoms with Gasteiger partial charge in [-0.3, -0.25) is 0 Å². The van der Waals surface area contributed by atoms with E-state index in [-0.39, 0.29) is 10.6 Å². The van der Waals surface area contributed by atoms with E-state index in [2.05, 4.69) is 31.1 Å². The second-order valence-corrected chi connectivity index (χ2v) is 5.04. The molecule has 1 aromatic carbocycles. The van der Waals surface area contributed by atoms with Gasteiger partial charge in [-0.2, -0.15) is 0 Å². The summed E-state index contributed by atoms with van der Waals surface area (Å²) in [6.07, 6.45) is 1.09. The first kappa shape index (κ1) is 15.8. The van der Waals surface area contributed by atoms with Gasteiger partial charge in [-0.05, 0) is 32.5 Å². The van der Waals surface area contributed by atoms with Crippen molar-refractivity contribution in [2.75, 3.05) is 25.5 Å². The number of hydrogen-bond donors (Lipinski definition) is 2. The molecule has 0 aliphatic heterocycles. The highest BCUT2D eigenvalue weighted by molar-refractivity contribution is 6.34. The van der Waals surface area contributed by atoms with E-state index in [9.17, 15) is 4.79 Å². The Balaban J connectivity index is 2.64. The first-order chi connectivity index (χ1) is 8.97. The summed E-state index contributed by atoms with van der Waals surface area (Å²) in [5.41, 5.74) is 0.702.